The Kier molecular flexibility index (Phi) is 8.56. The Morgan fingerprint density at radius 3 is 1.97 bits per heavy atom. The molecule has 0 unspecified atom stereocenters. The van der Waals surface area contributed by atoms with Crippen LogP contribution >= 0.6 is 0 Å². The van der Waals surface area contributed by atoms with E-state index < -0.39 is 16.1 Å². The number of sulfonamides is 1. The lowest BCUT2D eigenvalue weighted by molar-refractivity contribution is -0.133. The Hall–Kier alpha value is -2.91. The van der Waals surface area contributed by atoms with E-state index in [0.717, 1.165) is 16.7 Å². The van der Waals surface area contributed by atoms with Crippen molar-refractivity contribution >= 4 is 22.0 Å². The van der Waals surface area contributed by atoms with Gasteiger partial charge >= 0.3 is 6.09 Å². The van der Waals surface area contributed by atoms with Crippen molar-refractivity contribution in [1.82, 2.24) is 14.1 Å². The second-order valence-corrected chi connectivity index (χ2v) is 10.9. The van der Waals surface area contributed by atoms with Crippen LogP contribution in [0.15, 0.2) is 41.3 Å². The van der Waals surface area contributed by atoms with E-state index in [1.165, 1.54) is 4.31 Å². The van der Waals surface area contributed by atoms with Crippen molar-refractivity contribution in [2.75, 3.05) is 39.3 Å². The fraction of sp³-hybridized carbons (Fsp3) is 0.462. The monoisotopic (exact) mass is 501 g/mol. The van der Waals surface area contributed by atoms with E-state index >= 15 is 0 Å². The molecule has 1 aliphatic rings. The van der Waals surface area contributed by atoms with E-state index in [9.17, 15) is 18.0 Å². The van der Waals surface area contributed by atoms with Gasteiger partial charge in [0.15, 0.2) is 0 Å². The van der Waals surface area contributed by atoms with Crippen LogP contribution in [-0.2, 0) is 26.1 Å². The Balaban J connectivity index is 1.85. The van der Waals surface area contributed by atoms with Crippen molar-refractivity contribution in [3.63, 3.8) is 0 Å². The zero-order chi connectivity index (χ0) is 25.8. The summed E-state index contributed by atoms with van der Waals surface area (Å²) in [5, 5.41) is 0. The van der Waals surface area contributed by atoms with Crippen molar-refractivity contribution in [2.45, 2.75) is 46.1 Å². The second kappa shape index (κ2) is 11.2. The van der Waals surface area contributed by atoms with Crippen LogP contribution in [0.3, 0.4) is 0 Å². The van der Waals surface area contributed by atoms with Crippen molar-refractivity contribution in [3.8, 4) is 0 Å². The maximum Gasteiger partial charge on any atom is 0.409 e. The highest BCUT2D eigenvalue weighted by Gasteiger charge is 2.32. The minimum absolute atomic E-state index is 0.0872. The highest BCUT2D eigenvalue weighted by Crippen LogP contribution is 2.27. The van der Waals surface area contributed by atoms with Crippen LogP contribution in [0.2, 0.25) is 0 Å². The van der Waals surface area contributed by atoms with Gasteiger partial charge in [-0.25, -0.2) is 13.2 Å². The predicted molar refractivity (Wildman–Crippen MR) is 135 cm³/mol. The van der Waals surface area contributed by atoms with E-state index in [-0.39, 0.29) is 23.9 Å². The van der Waals surface area contributed by atoms with E-state index in [0.29, 0.717) is 43.9 Å². The summed E-state index contributed by atoms with van der Waals surface area (Å²) in [5.74, 6) is -0.286. The van der Waals surface area contributed by atoms with Crippen LogP contribution in [0, 0.1) is 27.7 Å². The van der Waals surface area contributed by atoms with Crippen LogP contribution in [0.1, 0.15) is 34.7 Å². The first kappa shape index (κ1) is 26.7. The highest BCUT2D eigenvalue weighted by atomic mass is 32.2. The molecule has 2 aromatic carbocycles. The lowest BCUT2D eigenvalue weighted by atomic mass is 10.1. The molecular weight excluding hydrogens is 466 g/mol. The maximum atomic E-state index is 13.9. The summed E-state index contributed by atoms with van der Waals surface area (Å²) < 4.78 is 34.1. The number of carbonyl (C=O) groups is 2. The quantitative estimate of drug-likeness (QED) is 0.580. The van der Waals surface area contributed by atoms with Crippen molar-refractivity contribution in [2.24, 2.45) is 0 Å². The molecule has 0 aliphatic carbocycles. The summed E-state index contributed by atoms with van der Waals surface area (Å²) >= 11 is 0. The molecule has 1 fully saturated rings. The fourth-order valence-electron chi connectivity index (χ4n) is 4.43. The van der Waals surface area contributed by atoms with Crippen LogP contribution < -0.4 is 0 Å². The molecule has 190 valence electrons. The number of nitrogens with zero attached hydrogens (tertiary/aromatic N) is 3. The van der Waals surface area contributed by atoms with Gasteiger partial charge in [0.05, 0.1) is 18.0 Å². The first-order valence-electron chi connectivity index (χ1n) is 11.9. The minimum Gasteiger partial charge on any atom is -0.450 e. The average molecular weight is 502 g/mol. The van der Waals surface area contributed by atoms with Crippen LogP contribution in [0.5, 0.6) is 0 Å². The molecule has 35 heavy (non-hydrogen) atoms. The van der Waals surface area contributed by atoms with Crippen LogP contribution in [0.4, 0.5) is 4.79 Å². The first-order chi connectivity index (χ1) is 16.5. The van der Waals surface area contributed by atoms with Gasteiger partial charge in [0.25, 0.3) is 0 Å². The summed E-state index contributed by atoms with van der Waals surface area (Å²) in [6, 6.07) is 11.3. The van der Waals surface area contributed by atoms with Gasteiger partial charge in [0, 0.05) is 32.7 Å². The standard InChI is InChI=1S/C26H35N3O5S/c1-6-34-26(31)28-13-11-27(12-14-28)24(30)18-29(17-23-9-7-19(2)8-10-23)35(32,33)25-21(4)15-20(3)16-22(25)5/h7-10,15-16H,6,11-14,17-18H2,1-5H3. The molecule has 1 saturated heterocycles. The predicted octanol–water partition coefficient (Wildman–Crippen LogP) is 3.41. The number of hydrogen-bond donors (Lipinski definition) is 0. The molecule has 1 aliphatic heterocycles. The summed E-state index contributed by atoms with van der Waals surface area (Å²) in [6.07, 6.45) is -0.395. The molecule has 3 rings (SSSR count). The Bertz CT molecular complexity index is 1150. The SMILES string of the molecule is CCOC(=O)N1CCN(C(=O)CN(Cc2ccc(C)cc2)S(=O)(=O)c2c(C)cc(C)cc2C)CC1. The number of rotatable bonds is 7. The van der Waals surface area contributed by atoms with Gasteiger partial charge in [-0.3, -0.25) is 4.79 Å². The second-order valence-electron chi connectivity index (χ2n) is 9.05. The molecule has 2 amide bonds. The lowest BCUT2D eigenvalue weighted by Crippen LogP contribution is -2.53. The largest absolute Gasteiger partial charge is 0.450 e. The van der Waals surface area contributed by atoms with Gasteiger partial charge in [-0.2, -0.15) is 4.31 Å². The number of aryl methyl sites for hydroxylation is 4. The maximum absolute atomic E-state index is 13.9. The van der Waals surface area contributed by atoms with E-state index in [4.69, 9.17) is 4.74 Å². The van der Waals surface area contributed by atoms with E-state index in [1.807, 2.05) is 50.2 Å². The normalized spacial score (nSPS) is 14.3. The molecule has 0 radical (unpaired) electrons. The average Bonchev–Trinajstić information content (AvgIpc) is 2.79. The summed E-state index contributed by atoms with van der Waals surface area (Å²) in [6.45, 7) is 10.7. The first-order valence-corrected chi connectivity index (χ1v) is 13.3. The fourth-order valence-corrected chi connectivity index (χ4v) is 6.22. The number of amides is 2. The molecule has 0 N–H and O–H groups in total. The molecule has 0 spiro atoms. The smallest absolute Gasteiger partial charge is 0.409 e. The van der Waals surface area contributed by atoms with Gasteiger partial charge in [0.2, 0.25) is 15.9 Å². The van der Waals surface area contributed by atoms with Crippen LogP contribution in [-0.4, -0.2) is 73.9 Å². The van der Waals surface area contributed by atoms with Gasteiger partial charge in [0.1, 0.15) is 0 Å². The Morgan fingerprint density at radius 1 is 0.886 bits per heavy atom. The Labute approximate surface area is 208 Å². The number of carbonyl (C=O) groups excluding carboxylic acids is 2. The molecule has 0 atom stereocenters. The third-order valence-corrected chi connectivity index (χ3v) is 8.25. The van der Waals surface area contributed by atoms with Gasteiger partial charge in [-0.15, -0.1) is 0 Å². The van der Waals surface area contributed by atoms with Gasteiger partial charge < -0.3 is 14.5 Å². The summed E-state index contributed by atoms with van der Waals surface area (Å²) in [4.78, 5) is 28.6. The molecule has 1 heterocycles. The third-order valence-electron chi connectivity index (χ3n) is 6.15. The van der Waals surface area contributed by atoms with E-state index in [1.54, 1.807) is 30.6 Å². The van der Waals surface area contributed by atoms with Crippen molar-refractivity contribution in [1.29, 1.82) is 0 Å². The number of hydrogen-bond acceptors (Lipinski definition) is 5. The topological polar surface area (TPSA) is 87.2 Å². The number of benzene rings is 2. The minimum atomic E-state index is -3.95. The highest BCUT2D eigenvalue weighted by molar-refractivity contribution is 7.89. The zero-order valence-corrected chi connectivity index (χ0v) is 22.0. The zero-order valence-electron chi connectivity index (χ0n) is 21.2. The van der Waals surface area contributed by atoms with Crippen molar-refractivity contribution in [3.05, 3.63) is 64.2 Å². The third kappa shape index (κ3) is 6.41. The molecule has 0 saturated carbocycles. The molecule has 0 aromatic heterocycles. The Morgan fingerprint density at radius 2 is 1.43 bits per heavy atom. The number of ether oxygens (including phenoxy) is 1. The molecule has 0 bridgehead atoms. The van der Waals surface area contributed by atoms with Crippen LogP contribution in [0.25, 0.3) is 0 Å². The van der Waals surface area contributed by atoms with Crippen molar-refractivity contribution < 1.29 is 22.7 Å². The molecule has 2 aromatic rings. The lowest BCUT2D eigenvalue weighted by Gasteiger charge is -2.35. The van der Waals surface area contributed by atoms with Gasteiger partial charge in [-0.1, -0.05) is 47.5 Å². The molecular formula is C26H35N3O5S. The number of piperazine rings is 1. The molecule has 8 nitrogen and oxygen atoms in total. The van der Waals surface area contributed by atoms with Gasteiger partial charge in [-0.05, 0) is 51.3 Å². The summed E-state index contributed by atoms with van der Waals surface area (Å²) in [7, 11) is -3.95. The summed E-state index contributed by atoms with van der Waals surface area (Å²) in [5.41, 5.74) is 4.18. The van der Waals surface area contributed by atoms with E-state index in [2.05, 4.69) is 0 Å². The molecule has 9 heteroatoms.